The largest absolute Gasteiger partial charge is 0.379 e. The van der Waals surface area contributed by atoms with Crippen LogP contribution in [0.4, 0.5) is 0 Å². The van der Waals surface area contributed by atoms with E-state index in [2.05, 4.69) is 32.2 Å². The van der Waals surface area contributed by atoms with Gasteiger partial charge >= 0.3 is 0 Å². The predicted molar refractivity (Wildman–Crippen MR) is 71.5 cm³/mol. The Morgan fingerprint density at radius 1 is 1.50 bits per heavy atom. The van der Waals surface area contributed by atoms with Crippen LogP contribution in [-0.2, 0) is 4.74 Å². The summed E-state index contributed by atoms with van der Waals surface area (Å²) in [7, 11) is 1.75. The lowest BCUT2D eigenvalue weighted by molar-refractivity contribution is 0.0154. The molecule has 1 rings (SSSR count). The highest BCUT2D eigenvalue weighted by atomic mass is 35.5. The molecular formula is C12H20ClNOS. The van der Waals surface area contributed by atoms with Gasteiger partial charge in [0.2, 0.25) is 0 Å². The lowest BCUT2D eigenvalue weighted by atomic mass is 10.1. The molecule has 92 valence electrons. The van der Waals surface area contributed by atoms with Crippen LogP contribution in [0.15, 0.2) is 12.1 Å². The van der Waals surface area contributed by atoms with Crippen molar-refractivity contribution in [1.29, 1.82) is 0 Å². The van der Waals surface area contributed by atoms with E-state index >= 15 is 0 Å². The van der Waals surface area contributed by atoms with Gasteiger partial charge < -0.3 is 10.1 Å². The van der Waals surface area contributed by atoms with Gasteiger partial charge in [0.05, 0.1) is 9.94 Å². The minimum atomic E-state index is -0.0557. The summed E-state index contributed by atoms with van der Waals surface area (Å²) in [6, 6.07) is 4.37. The first-order chi connectivity index (χ1) is 7.44. The first-order valence-corrected chi connectivity index (χ1v) is 6.68. The molecule has 1 heterocycles. The Morgan fingerprint density at radius 2 is 2.19 bits per heavy atom. The van der Waals surface area contributed by atoms with Crippen LogP contribution in [0.25, 0.3) is 0 Å². The second-order valence-corrected chi connectivity index (χ2v) is 6.28. The van der Waals surface area contributed by atoms with Gasteiger partial charge in [0.1, 0.15) is 0 Å². The molecule has 2 nitrogen and oxygen atoms in total. The number of nitrogens with one attached hydrogen (secondary N) is 1. The molecule has 0 saturated heterocycles. The van der Waals surface area contributed by atoms with Crippen molar-refractivity contribution in [2.24, 2.45) is 0 Å². The number of rotatable bonds is 6. The molecule has 4 heteroatoms. The molecule has 1 N–H and O–H groups in total. The molecule has 0 aromatic carbocycles. The maximum Gasteiger partial charge on any atom is 0.0931 e. The second kappa shape index (κ2) is 6.01. The molecular weight excluding hydrogens is 242 g/mol. The van der Waals surface area contributed by atoms with Gasteiger partial charge in [0.25, 0.3) is 0 Å². The van der Waals surface area contributed by atoms with Crippen LogP contribution >= 0.6 is 22.9 Å². The van der Waals surface area contributed by atoms with E-state index in [-0.39, 0.29) is 5.60 Å². The van der Waals surface area contributed by atoms with Gasteiger partial charge in [-0.25, -0.2) is 0 Å². The highest BCUT2D eigenvalue weighted by Crippen LogP contribution is 2.26. The Balaban J connectivity index is 2.33. The minimum absolute atomic E-state index is 0.0557. The van der Waals surface area contributed by atoms with Gasteiger partial charge in [-0.3, -0.25) is 0 Å². The van der Waals surface area contributed by atoms with Crippen LogP contribution in [0.1, 0.15) is 38.1 Å². The van der Waals surface area contributed by atoms with Crippen LogP contribution in [0.3, 0.4) is 0 Å². The van der Waals surface area contributed by atoms with Crippen LogP contribution in [0.5, 0.6) is 0 Å². The maximum atomic E-state index is 5.90. The van der Waals surface area contributed by atoms with Crippen molar-refractivity contribution in [3.05, 3.63) is 21.3 Å². The SMILES string of the molecule is COC(C)(C)CCNC(C)c1ccc(Cl)s1. The van der Waals surface area contributed by atoms with Gasteiger partial charge in [0, 0.05) is 18.0 Å². The summed E-state index contributed by atoms with van der Waals surface area (Å²) >= 11 is 7.54. The fourth-order valence-electron chi connectivity index (χ4n) is 1.35. The number of halogens is 1. The summed E-state index contributed by atoms with van der Waals surface area (Å²) in [5.74, 6) is 0. The van der Waals surface area contributed by atoms with Gasteiger partial charge in [-0.2, -0.15) is 0 Å². The normalized spacial score (nSPS) is 14.1. The van der Waals surface area contributed by atoms with Gasteiger partial charge in [-0.15, -0.1) is 11.3 Å². The smallest absolute Gasteiger partial charge is 0.0931 e. The number of thiophene rings is 1. The third-order valence-corrected chi connectivity index (χ3v) is 4.16. The van der Waals surface area contributed by atoms with E-state index in [1.165, 1.54) is 4.88 Å². The molecule has 1 aromatic heterocycles. The zero-order chi connectivity index (χ0) is 12.2. The molecule has 1 atom stereocenters. The van der Waals surface area contributed by atoms with E-state index in [1.807, 2.05) is 6.07 Å². The van der Waals surface area contributed by atoms with E-state index < -0.39 is 0 Å². The summed E-state index contributed by atoms with van der Waals surface area (Å²) in [5, 5.41) is 3.47. The first kappa shape index (κ1) is 14.0. The Kier molecular flexibility index (Phi) is 5.25. The van der Waals surface area contributed by atoms with Crippen LogP contribution in [-0.4, -0.2) is 19.3 Å². The van der Waals surface area contributed by atoms with Gasteiger partial charge in [-0.1, -0.05) is 11.6 Å². The lowest BCUT2D eigenvalue weighted by Crippen LogP contribution is -2.29. The molecule has 1 unspecified atom stereocenters. The molecule has 0 aliphatic heterocycles. The average molecular weight is 262 g/mol. The van der Waals surface area contributed by atoms with Crippen molar-refractivity contribution in [2.45, 2.75) is 38.8 Å². The fraction of sp³-hybridized carbons (Fsp3) is 0.667. The Hall–Kier alpha value is -0.0900. The predicted octanol–water partition coefficient (Wildman–Crippen LogP) is 3.87. The standard InChI is InChI=1S/C12H20ClNOS/c1-9(10-5-6-11(13)16-10)14-8-7-12(2,3)15-4/h5-6,9,14H,7-8H2,1-4H3. The number of ether oxygens (including phenoxy) is 1. The third-order valence-electron chi connectivity index (χ3n) is 2.75. The zero-order valence-electron chi connectivity index (χ0n) is 10.3. The molecule has 0 amide bonds. The third kappa shape index (κ3) is 4.42. The lowest BCUT2D eigenvalue weighted by Gasteiger charge is -2.23. The van der Waals surface area contributed by atoms with Crippen LogP contribution in [0, 0.1) is 0 Å². The summed E-state index contributed by atoms with van der Waals surface area (Å²) in [6.07, 6.45) is 0.993. The van der Waals surface area contributed by atoms with Crippen molar-refractivity contribution in [2.75, 3.05) is 13.7 Å². The fourth-order valence-corrected chi connectivity index (χ4v) is 2.44. The van der Waals surface area contributed by atoms with Crippen molar-refractivity contribution in [3.63, 3.8) is 0 Å². The highest BCUT2D eigenvalue weighted by molar-refractivity contribution is 7.16. The summed E-state index contributed by atoms with van der Waals surface area (Å²) < 4.78 is 6.22. The Labute approximate surface area is 107 Å². The molecule has 0 aliphatic rings. The van der Waals surface area contributed by atoms with Gasteiger partial charge in [0.15, 0.2) is 0 Å². The second-order valence-electron chi connectivity index (χ2n) is 4.53. The molecule has 0 spiro atoms. The minimum Gasteiger partial charge on any atom is -0.379 e. The first-order valence-electron chi connectivity index (χ1n) is 5.48. The van der Waals surface area contributed by atoms with E-state index in [1.54, 1.807) is 18.4 Å². The number of hydrogen-bond donors (Lipinski definition) is 1. The van der Waals surface area contributed by atoms with E-state index in [4.69, 9.17) is 16.3 Å². The molecule has 0 saturated carbocycles. The van der Waals surface area contributed by atoms with Crippen molar-refractivity contribution < 1.29 is 4.74 Å². The highest BCUT2D eigenvalue weighted by Gasteiger charge is 2.16. The molecule has 16 heavy (non-hydrogen) atoms. The van der Waals surface area contributed by atoms with Crippen LogP contribution in [0.2, 0.25) is 4.34 Å². The molecule has 0 radical (unpaired) electrons. The summed E-state index contributed by atoms with van der Waals surface area (Å²) in [5.41, 5.74) is -0.0557. The van der Waals surface area contributed by atoms with E-state index in [0.717, 1.165) is 17.3 Å². The molecule has 1 aromatic rings. The van der Waals surface area contributed by atoms with E-state index in [0.29, 0.717) is 6.04 Å². The molecule has 0 aliphatic carbocycles. The number of methoxy groups -OCH3 is 1. The average Bonchev–Trinajstić information content (AvgIpc) is 2.64. The number of hydrogen-bond acceptors (Lipinski definition) is 3. The van der Waals surface area contributed by atoms with Crippen molar-refractivity contribution >= 4 is 22.9 Å². The monoisotopic (exact) mass is 261 g/mol. The zero-order valence-corrected chi connectivity index (χ0v) is 11.9. The van der Waals surface area contributed by atoms with E-state index in [9.17, 15) is 0 Å². The van der Waals surface area contributed by atoms with Crippen molar-refractivity contribution in [3.8, 4) is 0 Å². The Bertz CT molecular complexity index is 325. The maximum absolute atomic E-state index is 5.90. The summed E-state index contributed by atoms with van der Waals surface area (Å²) in [4.78, 5) is 1.28. The Morgan fingerprint density at radius 3 is 2.69 bits per heavy atom. The topological polar surface area (TPSA) is 21.3 Å². The quantitative estimate of drug-likeness (QED) is 0.840. The van der Waals surface area contributed by atoms with Crippen molar-refractivity contribution in [1.82, 2.24) is 5.32 Å². The summed E-state index contributed by atoms with van der Waals surface area (Å²) in [6.45, 7) is 7.29. The van der Waals surface area contributed by atoms with Gasteiger partial charge in [-0.05, 0) is 45.9 Å². The van der Waals surface area contributed by atoms with Crippen LogP contribution < -0.4 is 5.32 Å². The molecule has 0 fully saturated rings. The molecule has 0 bridgehead atoms.